The first kappa shape index (κ1) is 21.9. The lowest BCUT2D eigenvalue weighted by Gasteiger charge is -2.24. The first-order chi connectivity index (χ1) is 14.2. The van der Waals surface area contributed by atoms with Gasteiger partial charge in [-0.3, -0.25) is 14.3 Å². The van der Waals surface area contributed by atoms with Crippen LogP contribution in [0.15, 0.2) is 59.5 Å². The van der Waals surface area contributed by atoms with Crippen molar-refractivity contribution in [3.05, 3.63) is 65.2 Å². The van der Waals surface area contributed by atoms with Gasteiger partial charge in [0, 0.05) is 10.7 Å². The third-order valence-electron chi connectivity index (χ3n) is 4.94. The Morgan fingerprint density at radius 2 is 1.77 bits per heavy atom. The summed E-state index contributed by atoms with van der Waals surface area (Å²) in [7, 11) is -3.92. The molecule has 2 aromatic carbocycles. The Morgan fingerprint density at radius 3 is 2.43 bits per heavy atom. The van der Waals surface area contributed by atoms with Crippen molar-refractivity contribution < 1.29 is 23.1 Å². The van der Waals surface area contributed by atoms with E-state index in [1.165, 1.54) is 18.2 Å². The van der Waals surface area contributed by atoms with Crippen LogP contribution in [0, 0.1) is 18.8 Å². The number of aryl methyl sites for hydroxylation is 1. The van der Waals surface area contributed by atoms with Gasteiger partial charge in [-0.05, 0) is 55.7 Å². The van der Waals surface area contributed by atoms with Gasteiger partial charge < -0.3 is 10.4 Å². The Morgan fingerprint density at radius 1 is 1.07 bits per heavy atom. The molecule has 0 unspecified atom stereocenters. The van der Waals surface area contributed by atoms with E-state index in [0.29, 0.717) is 28.4 Å². The molecule has 3 rings (SSSR count). The highest BCUT2D eigenvalue weighted by atomic mass is 35.5. The van der Waals surface area contributed by atoms with Crippen LogP contribution in [-0.4, -0.2) is 25.4 Å². The fourth-order valence-electron chi connectivity index (χ4n) is 3.27. The summed E-state index contributed by atoms with van der Waals surface area (Å²) in [5, 5.41) is 12.5. The number of carbonyl (C=O) groups excluding carboxylic acids is 1. The zero-order chi connectivity index (χ0) is 21.9. The standard InChI is InChI=1S/C21H21ClN2O5S/c1-13-9-10-16(30(28,29)24-15-6-4-5-14(22)11-15)12-19(13)23-20(25)17-7-2-3-8-18(17)21(26)27/h2-6,9-12,17-18,24H,7-8H2,1H3,(H,23,25)(H,26,27)/t17-,18-/m0/s1. The van der Waals surface area contributed by atoms with Crippen molar-refractivity contribution in [2.24, 2.45) is 11.8 Å². The van der Waals surface area contributed by atoms with Crippen LogP contribution in [0.3, 0.4) is 0 Å². The zero-order valence-corrected chi connectivity index (χ0v) is 17.7. The van der Waals surface area contributed by atoms with Gasteiger partial charge in [0.2, 0.25) is 5.91 Å². The number of carboxylic acid groups (broad SMARTS) is 1. The van der Waals surface area contributed by atoms with E-state index in [0.717, 1.165) is 0 Å². The van der Waals surface area contributed by atoms with Gasteiger partial charge >= 0.3 is 5.97 Å². The van der Waals surface area contributed by atoms with E-state index in [1.807, 2.05) is 0 Å². The minimum atomic E-state index is -3.92. The van der Waals surface area contributed by atoms with Gasteiger partial charge in [-0.2, -0.15) is 0 Å². The van der Waals surface area contributed by atoms with E-state index < -0.39 is 33.7 Å². The average Bonchev–Trinajstić information content (AvgIpc) is 2.69. The average molecular weight is 449 g/mol. The monoisotopic (exact) mass is 448 g/mol. The Balaban J connectivity index is 1.83. The van der Waals surface area contributed by atoms with Crippen LogP contribution in [-0.2, 0) is 19.6 Å². The number of carboxylic acids is 1. The second kappa shape index (κ2) is 8.89. The molecule has 0 radical (unpaired) electrons. The molecule has 0 bridgehead atoms. The third-order valence-corrected chi connectivity index (χ3v) is 6.55. The van der Waals surface area contributed by atoms with E-state index in [4.69, 9.17) is 11.6 Å². The number of rotatable bonds is 6. The van der Waals surface area contributed by atoms with Crippen LogP contribution in [0.1, 0.15) is 18.4 Å². The zero-order valence-electron chi connectivity index (χ0n) is 16.1. The summed E-state index contributed by atoms with van der Waals surface area (Å²) >= 11 is 5.90. The van der Waals surface area contributed by atoms with Crippen LogP contribution in [0.25, 0.3) is 0 Å². The lowest BCUT2D eigenvalue weighted by atomic mass is 9.82. The minimum Gasteiger partial charge on any atom is -0.481 e. The van der Waals surface area contributed by atoms with Crippen molar-refractivity contribution in [2.75, 3.05) is 10.0 Å². The Bertz CT molecular complexity index is 1110. The van der Waals surface area contributed by atoms with E-state index in [-0.39, 0.29) is 11.3 Å². The highest BCUT2D eigenvalue weighted by Gasteiger charge is 2.34. The van der Waals surface area contributed by atoms with Crippen LogP contribution in [0.4, 0.5) is 11.4 Å². The van der Waals surface area contributed by atoms with E-state index in [9.17, 15) is 23.1 Å². The SMILES string of the molecule is Cc1ccc(S(=O)(=O)Nc2cccc(Cl)c2)cc1NC(=O)[C@H]1CC=CC[C@@H]1C(=O)O. The summed E-state index contributed by atoms with van der Waals surface area (Å²) in [6.45, 7) is 1.73. The van der Waals surface area contributed by atoms with Gasteiger partial charge in [0.25, 0.3) is 10.0 Å². The molecule has 0 aliphatic heterocycles. The molecule has 1 aliphatic carbocycles. The summed E-state index contributed by atoms with van der Waals surface area (Å²) in [5.41, 5.74) is 1.28. The Labute approximate surface area is 179 Å². The van der Waals surface area contributed by atoms with Crippen LogP contribution >= 0.6 is 11.6 Å². The van der Waals surface area contributed by atoms with Crippen molar-refractivity contribution in [3.63, 3.8) is 0 Å². The van der Waals surface area contributed by atoms with Gasteiger partial charge in [-0.15, -0.1) is 0 Å². The molecule has 1 amide bonds. The maximum atomic E-state index is 12.8. The molecular formula is C21H21ClN2O5S. The number of halogens is 1. The van der Waals surface area contributed by atoms with E-state index in [2.05, 4.69) is 10.0 Å². The number of sulfonamides is 1. The maximum absolute atomic E-state index is 12.8. The summed E-state index contributed by atoms with van der Waals surface area (Å²) < 4.78 is 28.0. The molecule has 3 N–H and O–H groups in total. The molecule has 0 heterocycles. The largest absolute Gasteiger partial charge is 0.481 e. The van der Waals surface area contributed by atoms with Gasteiger partial charge in [-0.25, -0.2) is 8.42 Å². The quantitative estimate of drug-likeness (QED) is 0.577. The van der Waals surface area contributed by atoms with Crippen LogP contribution in [0.2, 0.25) is 5.02 Å². The summed E-state index contributed by atoms with van der Waals surface area (Å²) in [6, 6.07) is 10.7. The number of nitrogens with one attached hydrogen (secondary N) is 2. The first-order valence-electron chi connectivity index (χ1n) is 9.25. The summed E-state index contributed by atoms with van der Waals surface area (Å²) in [6.07, 6.45) is 4.13. The molecule has 2 atom stereocenters. The molecule has 9 heteroatoms. The van der Waals surface area contributed by atoms with Crippen LogP contribution in [0.5, 0.6) is 0 Å². The molecule has 158 valence electrons. The number of carbonyl (C=O) groups is 2. The molecule has 7 nitrogen and oxygen atoms in total. The molecule has 30 heavy (non-hydrogen) atoms. The predicted octanol–water partition coefficient (Wildman–Crippen LogP) is 4.05. The maximum Gasteiger partial charge on any atom is 0.307 e. The predicted molar refractivity (Wildman–Crippen MR) is 115 cm³/mol. The molecule has 0 saturated heterocycles. The van der Waals surface area contributed by atoms with E-state index >= 15 is 0 Å². The Kier molecular flexibility index (Phi) is 6.48. The fraction of sp³-hybridized carbons (Fsp3) is 0.238. The number of aliphatic carboxylic acids is 1. The molecule has 1 aliphatic rings. The normalized spacial score (nSPS) is 18.6. The van der Waals surface area contributed by atoms with Gasteiger partial charge in [-0.1, -0.05) is 35.9 Å². The summed E-state index contributed by atoms with van der Waals surface area (Å²) in [5.74, 6) is -3.02. The fourth-order valence-corrected chi connectivity index (χ4v) is 4.54. The van der Waals surface area contributed by atoms with Gasteiger partial charge in [0.05, 0.1) is 22.4 Å². The van der Waals surface area contributed by atoms with Crippen molar-refractivity contribution in [1.82, 2.24) is 0 Å². The molecule has 0 spiro atoms. The topological polar surface area (TPSA) is 113 Å². The van der Waals surface area contributed by atoms with Gasteiger partial charge in [0.1, 0.15) is 0 Å². The number of hydrogen-bond acceptors (Lipinski definition) is 4. The van der Waals surface area contributed by atoms with Crippen molar-refractivity contribution in [2.45, 2.75) is 24.7 Å². The number of hydrogen-bond donors (Lipinski definition) is 3. The number of amides is 1. The minimum absolute atomic E-state index is 0.0401. The highest BCUT2D eigenvalue weighted by molar-refractivity contribution is 7.92. The molecule has 0 aromatic heterocycles. The van der Waals surface area contributed by atoms with E-state index in [1.54, 1.807) is 43.3 Å². The smallest absolute Gasteiger partial charge is 0.307 e. The molecular weight excluding hydrogens is 428 g/mol. The Hall–Kier alpha value is -2.84. The number of benzene rings is 2. The second-order valence-electron chi connectivity index (χ2n) is 7.08. The van der Waals surface area contributed by atoms with Crippen molar-refractivity contribution in [1.29, 1.82) is 0 Å². The molecule has 0 fully saturated rings. The van der Waals surface area contributed by atoms with Gasteiger partial charge in [0.15, 0.2) is 0 Å². The second-order valence-corrected chi connectivity index (χ2v) is 9.19. The number of anilines is 2. The first-order valence-corrected chi connectivity index (χ1v) is 11.1. The molecule has 2 aromatic rings. The lowest BCUT2D eigenvalue weighted by molar-refractivity contribution is -0.146. The van der Waals surface area contributed by atoms with Crippen molar-refractivity contribution >= 4 is 44.9 Å². The molecule has 0 saturated carbocycles. The summed E-state index contributed by atoms with van der Waals surface area (Å²) in [4.78, 5) is 24.2. The van der Waals surface area contributed by atoms with Crippen LogP contribution < -0.4 is 10.0 Å². The third kappa shape index (κ3) is 5.01. The number of allylic oxidation sites excluding steroid dienone is 2. The highest BCUT2D eigenvalue weighted by Crippen LogP contribution is 2.29. The lowest BCUT2D eigenvalue weighted by Crippen LogP contribution is -2.34. The van der Waals surface area contributed by atoms with Crippen molar-refractivity contribution in [3.8, 4) is 0 Å².